The van der Waals surface area contributed by atoms with Crippen molar-refractivity contribution in [2.75, 3.05) is 23.3 Å². The second-order valence-electron chi connectivity index (χ2n) is 7.59. The third-order valence-corrected chi connectivity index (χ3v) is 6.45. The first-order valence-electron chi connectivity index (χ1n) is 10.1. The first-order chi connectivity index (χ1) is 14.5. The van der Waals surface area contributed by atoms with E-state index in [0.717, 1.165) is 24.1 Å². The van der Waals surface area contributed by atoms with Crippen LogP contribution in [0.25, 0.3) is 0 Å². The molecule has 0 unspecified atom stereocenters. The Morgan fingerprint density at radius 1 is 1.07 bits per heavy atom. The Kier molecular flexibility index (Phi) is 5.86. The summed E-state index contributed by atoms with van der Waals surface area (Å²) in [7, 11) is 0. The Morgan fingerprint density at radius 3 is 2.70 bits per heavy atom. The van der Waals surface area contributed by atoms with Gasteiger partial charge in [-0.25, -0.2) is 0 Å². The summed E-state index contributed by atoms with van der Waals surface area (Å²) < 4.78 is 0. The lowest BCUT2D eigenvalue weighted by Gasteiger charge is -2.30. The molecule has 30 heavy (non-hydrogen) atoms. The van der Waals surface area contributed by atoms with Crippen LogP contribution in [0.1, 0.15) is 27.6 Å². The van der Waals surface area contributed by atoms with E-state index in [1.165, 1.54) is 16.1 Å². The Balaban J connectivity index is 1.46. The van der Waals surface area contributed by atoms with Crippen molar-refractivity contribution in [2.24, 2.45) is 0 Å². The number of hydrogen-bond donors (Lipinski definition) is 2. The molecule has 2 aromatic carbocycles. The minimum absolute atomic E-state index is 0.00824. The van der Waals surface area contributed by atoms with Gasteiger partial charge in [-0.15, -0.1) is 11.3 Å². The van der Waals surface area contributed by atoms with Crippen LogP contribution in [-0.4, -0.2) is 24.9 Å². The Bertz CT molecular complexity index is 1060. The monoisotopic (exact) mass is 419 g/mol. The summed E-state index contributed by atoms with van der Waals surface area (Å²) in [6, 6.07) is 18.2. The van der Waals surface area contributed by atoms with E-state index in [1.54, 1.807) is 11.3 Å². The van der Waals surface area contributed by atoms with Gasteiger partial charge in [-0.05, 0) is 60.5 Å². The van der Waals surface area contributed by atoms with E-state index in [0.29, 0.717) is 12.2 Å². The van der Waals surface area contributed by atoms with Crippen LogP contribution in [0, 0.1) is 13.8 Å². The van der Waals surface area contributed by atoms with Gasteiger partial charge in [0.25, 0.3) is 0 Å². The summed E-state index contributed by atoms with van der Waals surface area (Å²) in [4.78, 5) is 28.5. The third kappa shape index (κ3) is 4.24. The number of benzene rings is 2. The third-order valence-electron chi connectivity index (χ3n) is 5.47. The average molecular weight is 420 g/mol. The number of nitrogens with one attached hydrogen (secondary N) is 2. The van der Waals surface area contributed by atoms with Crippen molar-refractivity contribution in [2.45, 2.75) is 26.3 Å². The Hall–Kier alpha value is -3.12. The highest BCUT2D eigenvalue weighted by Gasteiger charge is 2.28. The van der Waals surface area contributed by atoms with Crippen LogP contribution in [0.2, 0.25) is 0 Å². The van der Waals surface area contributed by atoms with Gasteiger partial charge < -0.3 is 15.5 Å². The summed E-state index contributed by atoms with van der Waals surface area (Å²) in [5.74, 6) is -1.26. The zero-order valence-electron chi connectivity index (χ0n) is 17.1. The topological polar surface area (TPSA) is 61.4 Å². The van der Waals surface area contributed by atoms with Crippen LogP contribution >= 0.6 is 11.3 Å². The summed E-state index contributed by atoms with van der Waals surface area (Å²) in [6.07, 6.45) is 0.985. The van der Waals surface area contributed by atoms with Gasteiger partial charge in [0, 0.05) is 29.3 Å². The second-order valence-corrected chi connectivity index (χ2v) is 8.57. The number of rotatable bonds is 5. The molecule has 1 aromatic heterocycles. The van der Waals surface area contributed by atoms with E-state index in [4.69, 9.17) is 0 Å². The first kappa shape index (κ1) is 20.2. The van der Waals surface area contributed by atoms with E-state index in [-0.39, 0.29) is 6.04 Å². The Labute approximate surface area is 180 Å². The number of carbonyl (C=O) groups is 2. The van der Waals surface area contributed by atoms with Gasteiger partial charge in [-0.2, -0.15) is 0 Å². The maximum absolute atomic E-state index is 12.5. The van der Waals surface area contributed by atoms with Crippen LogP contribution in [0.3, 0.4) is 0 Å². The highest BCUT2D eigenvalue weighted by atomic mass is 32.1. The summed E-state index contributed by atoms with van der Waals surface area (Å²) in [5, 5.41) is 7.62. The lowest BCUT2D eigenvalue weighted by molar-refractivity contribution is -0.136. The highest BCUT2D eigenvalue weighted by Crippen LogP contribution is 2.36. The number of anilines is 2. The molecule has 4 rings (SSSR count). The molecule has 2 heterocycles. The van der Waals surface area contributed by atoms with Crippen LogP contribution in [0.5, 0.6) is 0 Å². The van der Waals surface area contributed by atoms with E-state index >= 15 is 0 Å². The van der Waals surface area contributed by atoms with Gasteiger partial charge in [0.2, 0.25) is 0 Å². The van der Waals surface area contributed by atoms with Gasteiger partial charge in [0.15, 0.2) is 0 Å². The highest BCUT2D eigenvalue weighted by molar-refractivity contribution is 7.10. The lowest BCUT2D eigenvalue weighted by Crippen LogP contribution is -2.41. The first-order valence-corrected chi connectivity index (χ1v) is 11.0. The van der Waals surface area contributed by atoms with Crippen molar-refractivity contribution < 1.29 is 9.59 Å². The molecule has 0 spiro atoms. The molecule has 0 radical (unpaired) electrons. The van der Waals surface area contributed by atoms with Gasteiger partial charge in [-0.3, -0.25) is 9.59 Å². The predicted molar refractivity (Wildman–Crippen MR) is 122 cm³/mol. The number of fused-ring (bicyclic) bond motifs is 1. The fourth-order valence-electron chi connectivity index (χ4n) is 3.85. The fraction of sp³-hybridized carbons (Fsp3) is 0.250. The number of aryl methyl sites for hydroxylation is 2. The number of thiophene rings is 1. The van der Waals surface area contributed by atoms with Crippen molar-refractivity contribution in [3.05, 3.63) is 81.5 Å². The molecule has 6 heteroatoms. The van der Waals surface area contributed by atoms with Crippen LogP contribution in [0.4, 0.5) is 11.4 Å². The molecule has 0 fully saturated rings. The van der Waals surface area contributed by atoms with Crippen molar-refractivity contribution in [1.29, 1.82) is 0 Å². The molecule has 2 amide bonds. The van der Waals surface area contributed by atoms with Crippen LogP contribution in [-0.2, 0) is 16.0 Å². The maximum Gasteiger partial charge on any atom is 0.313 e. The van der Waals surface area contributed by atoms with Crippen molar-refractivity contribution >= 4 is 34.5 Å². The van der Waals surface area contributed by atoms with Crippen molar-refractivity contribution in [3.8, 4) is 0 Å². The minimum atomic E-state index is -0.643. The molecule has 154 valence electrons. The Morgan fingerprint density at radius 2 is 1.90 bits per heavy atom. The molecule has 1 aliphatic heterocycles. The fourth-order valence-corrected chi connectivity index (χ4v) is 4.69. The normalized spacial score (nSPS) is 13.6. The second kappa shape index (κ2) is 8.71. The van der Waals surface area contributed by atoms with Gasteiger partial charge >= 0.3 is 11.8 Å². The standard InChI is InChI=1S/C24H25N3O2S/c1-16-9-10-17(2)19(14-16)26-24(29)23(28)25-15-21(22-8-5-13-30-22)27-12-11-18-6-3-4-7-20(18)27/h3-10,13-14,21H,11-12,15H2,1-2H3,(H,25,28)(H,26,29)/t21-/m1/s1. The maximum atomic E-state index is 12.5. The average Bonchev–Trinajstić information content (AvgIpc) is 3.41. The molecule has 1 atom stereocenters. The molecule has 0 saturated heterocycles. The quantitative estimate of drug-likeness (QED) is 0.609. The number of nitrogens with zero attached hydrogens (tertiary/aromatic N) is 1. The number of carbonyl (C=O) groups excluding carboxylic acids is 2. The van der Waals surface area contributed by atoms with Gasteiger partial charge in [-0.1, -0.05) is 36.4 Å². The summed E-state index contributed by atoms with van der Waals surface area (Å²) in [5.41, 5.74) is 5.13. The molecule has 3 aromatic rings. The van der Waals surface area contributed by atoms with E-state index in [2.05, 4.69) is 39.8 Å². The molecule has 0 saturated carbocycles. The van der Waals surface area contributed by atoms with Crippen molar-refractivity contribution in [1.82, 2.24) is 5.32 Å². The molecule has 5 nitrogen and oxygen atoms in total. The zero-order valence-corrected chi connectivity index (χ0v) is 18.0. The van der Waals surface area contributed by atoms with E-state index in [9.17, 15) is 9.59 Å². The summed E-state index contributed by atoms with van der Waals surface area (Å²) in [6.45, 7) is 5.12. The van der Waals surface area contributed by atoms with Gasteiger partial charge in [0.1, 0.15) is 0 Å². The van der Waals surface area contributed by atoms with Crippen LogP contribution in [0.15, 0.2) is 60.0 Å². The number of para-hydroxylation sites is 1. The molecule has 0 aliphatic carbocycles. The lowest BCUT2D eigenvalue weighted by atomic mass is 10.1. The molecule has 0 bridgehead atoms. The molecule has 1 aliphatic rings. The van der Waals surface area contributed by atoms with Crippen LogP contribution < -0.4 is 15.5 Å². The SMILES string of the molecule is Cc1ccc(C)c(NC(=O)C(=O)NC[C@H](c2cccs2)N2CCc3ccccc32)c1. The van der Waals surface area contributed by atoms with Gasteiger partial charge in [0.05, 0.1) is 6.04 Å². The molecule has 2 N–H and O–H groups in total. The smallest absolute Gasteiger partial charge is 0.313 e. The minimum Gasteiger partial charge on any atom is -0.361 e. The number of amides is 2. The zero-order chi connectivity index (χ0) is 21.1. The number of hydrogen-bond acceptors (Lipinski definition) is 4. The predicted octanol–water partition coefficient (Wildman–Crippen LogP) is 4.22. The largest absolute Gasteiger partial charge is 0.361 e. The van der Waals surface area contributed by atoms with E-state index in [1.807, 2.05) is 49.6 Å². The van der Waals surface area contributed by atoms with Crippen molar-refractivity contribution in [3.63, 3.8) is 0 Å². The molecular formula is C24H25N3O2S. The molecular weight excluding hydrogens is 394 g/mol. The summed E-state index contributed by atoms with van der Waals surface area (Å²) >= 11 is 1.67. The van der Waals surface area contributed by atoms with E-state index < -0.39 is 11.8 Å².